The molecule has 2 amide bonds. The summed E-state index contributed by atoms with van der Waals surface area (Å²) in [6.07, 6.45) is 1.58. The molecule has 5 nitrogen and oxygen atoms in total. The number of anilines is 2. The highest BCUT2D eigenvalue weighted by Gasteiger charge is 2.35. The second-order valence-electron chi connectivity index (χ2n) is 7.41. The average molecular weight is 498 g/mol. The van der Waals surface area contributed by atoms with Gasteiger partial charge in [0.1, 0.15) is 5.57 Å². The van der Waals surface area contributed by atoms with Crippen molar-refractivity contribution in [3.05, 3.63) is 77.9 Å². The molecule has 1 N–H and O–H groups in total. The molecule has 0 unspecified atom stereocenters. The topological polar surface area (TPSA) is 52.7 Å². The van der Waals surface area contributed by atoms with E-state index in [4.69, 9.17) is 35.4 Å². The van der Waals surface area contributed by atoms with Gasteiger partial charge < -0.3 is 4.90 Å². The van der Waals surface area contributed by atoms with E-state index in [0.29, 0.717) is 30.5 Å². The molecule has 0 radical (unpaired) electrons. The highest BCUT2D eigenvalue weighted by molar-refractivity contribution is 7.80. The molecule has 0 aliphatic carbocycles. The molecule has 1 fully saturated rings. The number of carbonyl (C=O) groups is 2. The van der Waals surface area contributed by atoms with Crippen LogP contribution in [0.25, 0.3) is 16.8 Å². The highest BCUT2D eigenvalue weighted by atomic mass is 35.5. The van der Waals surface area contributed by atoms with Crippen molar-refractivity contribution in [1.82, 2.24) is 5.32 Å². The number of halogens is 2. The Hall–Kier alpha value is -2.93. The van der Waals surface area contributed by atoms with Crippen LogP contribution in [0.5, 0.6) is 0 Å². The second kappa shape index (κ2) is 10.3. The lowest BCUT2D eigenvalue weighted by molar-refractivity contribution is -0.122. The number of alkyl halides is 2. The lowest BCUT2D eigenvalue weighted by atomic mass is 10.0. The molecule has 0 aromatic heterocycles. The van der Waals surface area contributed by atoms with Crippen LogP contribution in [0.1, 0.15) is 5.56 Å². The summed E-state index contributed by atoms with van der Waals surface area (Å²) in [5.74, 6) is -0.00528. The van der Waals surface area contributed by atoms with Gasteiger partial charge in [0, 0.05) is 35.9 Å². The molecule has 3 aromatic carbocycles. The normalized spacial score (nSPS) is 15.3. The van der Waals surface area contributed by atoms with E-state index in [-0.39, 0.29) is 10.7 Å². The monoisotopic (exact) mass is 497 g/mol. The Bertz CT molecular complexity index is 1230. The number of nitrogens with zero attached hydrogens (tertiary/aromatic N) is 2. The first-order valence-corrected chi connectivity index (χ1v) is 11.9. The summed E-state index contributed by atoms with van der Waals surface area (Å²) in [7, 11) is 0. The third kappa shape index (κ3) is 4.88. The largest absolute Gasteiger partial charge is 0.369 e. The van der Waals surface area contributed by atoms with Crippen LogP contribution in [0.2, 0.25) is 0 Å². The van der Waals surface area contributed by atoms with Gasteiger partial charge >= 0.3 is 0 Å². The molecule has 1 saturated heterocycles. The van der Waals surface area contributed by atoms with E-state index in [1.54, 1.807) is 6.08 Å². The highest BCUT2D eigenvalue weighted by Crippen LogP contribution is 2.30. The number of nitrogens with one attached hydrogen (secondary N) is 1. The summed E-state index contributed by atoms with van der Waals surface area (Å²) in [6, 6.07) is 20.9. The van der Waals surface area contributed by atoms with E-state index in [0.717, 1.165) is 22.0 Å². The van der Waals surface area contributed by atoms with Gasteiger partial charge in [-0.15, -0.1) is 23.2 Å². The molecule has 168 valence electrons. The second-order valence-corrected chi connectivity index (χ2v) is 8.56. The molecule has 0 atom stereocenters. The van der Waals surface area contributed by atoms with Crippen LogP contribution >= 0.6 is 35.4 Å². The van der Waals surface area contributed by atoms with E-state index in [9.17, 15) is 9.59 Å². The molecule has 0 saturated carbocycles. The van der Waals surface area contributed by atoms with Crippen molar-refractivity contribution in [1.29, 1.82) is 0 Å². The van der Waals surface area contributed by atoms with Gasteiger partial charge in [0.15, 0.2) is 5.11 Å². The fourth-order valence-corrected chi connectivity index (χ4v) is 4.48. The number of benzene rings is 3. The van der Waals surface area contributed by atoms with Crippen LogP contribution < -0.4 is 15.1 Å². The predicted molar refractivity (Wildman–Crippen MR) is 140 cm³/mol. The number of hydrogen-bond donors (Lipinski definition) is 1. The number of thiocarbonyl (C=S) groups is 1. The third-order valence-electron chi connectivity index (χ3n) is 5.39. The van der Waals surface area contributed by atoms with Crippen molar-refractivity contribution in [2.24, 2.45) is 0 Å². The molecule has 8 heteroatoms. The van der Waals surface area contributed by atoms with Crippen LogP contribution in [0.4, 0.5) is 11.4 Å². The zero-order chi connectivity index (χ0) is 23.4. The minimum Gasteiger partial charge on any atom is -0.369 e. The summed E-state index contributed by atoms with van der Waals surface area (Å²) < 4.78 is 0. The van der Waals surface area contributed by atoms with Crippen molar-refractivity contribution in [2.75, 3.05) is 34.6 Å². The van der Waals surface area contributed by atoms with Crippen molar-refractivity contribution in [3.8, 4) is 0 Å². The van der Waals surface area contributed by atoms with Crippen molar-refractivity contribution in [3.63, 3.8) is 0 Å². The van der Waals surface area contributed by atoms with Gasteiger partial charge in [-0.3, -0.25) is 19.8 Å². The quantitative estimate of drug-likeness (QED) is 0.217. The fourth-order valence-electron chi connectivity index (χ4n) is 3.80. The molecular formula is C25H21Cl2N3O2S. The van der Waals surface area contributed by atoms with Gasteiger partial charge in [-0.05, 0) is 47.4 Å². The van der Waals surface area contributed by atoms with E-state index >= 15 is 0 Å². The van der Waals surface area contributed by atoms with Crippen LogP contribution in [0, 0.1) is 0 Å². The molecule has 0 bridgehead atoms. The average Bonchev–Trinajstić information content (AvgIpc) is 2.82. The van der Waals surface area contributed by atoms with E-state index < -0.39 is 11.8 Å². The Balaban J connectivity index is 1.67. The lowest BCUT2D eigenvalue weighted by Crippen LogP contribution is -2.54. The minimum atomic E-state index is -0.517. The Labute approximate surface area is 207 Å². The SMILES string of the molecule is O=C1NC(=S)N(c2cccc3ccccc23)C(=O)/C1=C/c1ccc(N(CCCl)CCCl)cc1. The molecule has 1 aliphatic rings. The first-order chi connectivity index (χ1) is 16.0. The maximum absolute atomic E-state index is 13.4. The molecule has 4 rings (SSSR count). The zero-order valence-electron chi connectivity index (χ0n) is 17.6. The third-order valence-corrected chi connectivity index (χ3v) is 6.01. The lowest BCUT2D eigenvalue weighted by Gasteiger charge is -2.29. The van der Waals surface area contributed by atoms with Gasteiger partial charge in [0.25, 0.3) is 11.8 Å². The Kier molecular flexibility index (Phi) is 7.28. The molecule has 1 heterocycles. The zero-order valence-corrected chi connectivity index (χ0v) is 20.0. The summed E-state index contributed by atoms with van der Waals surface area (Å²) in [6.45, 7) is 1.35. The van der Waals surface area contributed by atoms with Gasteiger partial charge in [0.05, 0.1) is 5.69 Å². The maximum Gasteiger partial charge on any atom is 0.270 e. The van der Waals surface area contributed by atoms with Gasteiger partial charge in [0.2, 0.25) is 0 Å². The summed E-state index contributed by atoms with van der Waals surface area (Å²) in [4.78, 5) is 29.5. The van der Waals surface area contributed by atoms with E-state index in [1.807, 2.05) is 66.7 Å². The molecule has 3 aromatic rings. The van der Waals surface area contributed by atoms with Crippen LogP contribution in [0.3, 0.4) is 0 Å². The maximum atomic E-state index is 13.4. The Morgan fingerprint density at radius 3 is 2.27 bits per heavy atom. The number of amides is 2. The van der Waals surface area contributed by atoms with Crippen LogP contribution in [-0.2, 0) is 9.59 Å². The number of fused-ring (bicyclic) bond motifs is 1. The molecular weight excluding hydrogens is 477 g/mol. The van der Waals surface area contributed by atoms with Gasteiger partial charge in [-0.25, -0.2) is 0 Å². The predicted octanol–water partition coefficient (Wildman–Crippen LogP) is 4.96. The first-order valence-electron chi connectivity index (χ1n) is 10.4. The first kappa shape index (κ1) is 23.2. The van der Waals surface area contributed by atoms with Crippen LogP contribution in [-0.4, -0.2) is 41.8 Å². The fraction of sp³-hybridized carbons (Fsp3) is 0.160. The van der Waals surface area contributed by atoms with Crippen LogP contribution in [0.15, 0.2) is 72.3 Å². The summed E-state index contributed by atoms with van der Waals surface area (Å²) in [5.41, 5.74) is 2.33. The molecule has 1 aliphatic heterocycles. The van der Waals surface area contributed by atoms with E-state index in [1.165, 1.54) is 4.90 Å². The van der Waals surface area contributed by atoms with E-state index in [2.05, 4.69) is 10.2 Å². The Morgan fingerprint density at radius 1 is 0.909 bits per heavy atom. The molecule has 0 spiro atoms. The number of hydrogen-bond acceptors (Lipinski definition) is 4. The smallest absolute Gasteiger partial charge is 0.270 e. The number of rotatable bonds is 7. The minimum absolute atomic E-state index is 0.0163. The van der Waals surface area contributed by atoms with Crippen molar-refractivity contribution < 1.29 is 9.59 Å². The van der Waals surface area contributed by atoms with Crippen molar-refractivity contribution >= 4 is 80.6 Å². The summed E-state index contributed by atoms with van der Waals surface area (Å²) >= 11 is 17.1. The van der Waals surface area contributed by atoms with Gasteiger partial charge in [-0.2, -0.15) is 0 Å². The Morgan fingerprint density at radius 2 is 1.58 bits per heavy atom. The standard InChI is InChI=1S/C25H21Cl2N3O2S/c26-12-14-29(15-13-27)19-10-8-17(9-11-19)16-21-23(31)28-25(33)30(24(21)32)22-7-3-5-18-4-1-2-6-20(18)22/h1-11,16H,12-15H2,(H,28,31,33)/b21-16+. The van der Waals surface area contributed by atoms with Crippen molar-refractivity contribution in [2.45, 2.75) is 0 Å². The number of carbonyl (C=O) groups excluding carboxylic acids is 2. The summed E-state index contributed by atoms with van der Waals surface area (Å²) in [5, 5.41) is 4.55. The van der Waals surface area contributed by atoms with Gasteiger partial charge in [-0.1, -0.05) is 48.5 Å². The molecule has 33 heavy (non-hydrogen) atoms.